The van der Waals surface area contributed by atoms with Crippen molar-refractivity contribution in [3.63, 3.8) is 0 Å². The predicted octanol–water partition coefficient (Wildman–Crippen LogP) is 1.93. The smallest absolute Gasteiger partial charge is 0.260 e. The lowest BCUT2D eigenvalue weighted by atomic mass is 9.84. The minimum atomic E-state index is -0.319. The molecule has 0 aliphatic heterocycles. The molecule has 2 bridgehead atoms. The van der Waals surface area contributed by atoms with E-state index in [9.17, 15) is 9.59 Å². The maximum Gasteiger partial charge on any atom is 0.260 e. The fourth-order valence-electron chi connectivity index (χ4n) is 3.90. The molecule has 1 aromatic heterocycles. The fourth-order valence-corrected chi connectivity index (χ4v) is 3.90. The molecule has 4 heteroatoms. The van der Waals surface area contributed by atoms with Gasteiger partial charge in [0.2, 0.25) is 0 Å². The monoisotopic (exact) mass is 260 g/mol. The first-order valence-electron chi connectivity index (χ1n) is 7.13. The highest BCUT2D eigenvalue weighted by Crippen LogP contribution is 2.49. The predicted molar refractivity (Wildman–Crippen MR) is 72.9 cm³/mol. The number of amides is 1. The maximum absolute atomic E-state index is 12.1. The van der Waals surface area contributed by atoms with Gasteiger partial charge in [-0.1, -0.05) is 6.42 Å². The molecule has 0 aromatic carbocycles. The van der Waals surface area contributed by atoms with Crippen LogP contribution < -0.4 is 10.9 Å². The molecule has 19 heavy (non-hydrogen) atoms. The Bertz CT molecular complexity index is 537. The van der Waals surface area contributed by atoms with E-state index >= 15 is 0 Å². The zero-order valence-electron chi connectivity index (χ0n) is 11.2. The lowest BCUT2D eigenvalue weighted by Crippen LogP contribution is -2.41. The highest BCUT2D eigenvalue weighted by atomic mass is 16.2. The quantitative estimate of drug-likeness (QED) is 0.872. The highest BCUT2D eigenvalue weighted by molar-refractivity contribution is 5.93. The Balaban J connectivity index is 1.67. The zero-order valence-corrected chi connectivity index (χ0v) is 11.2. The van der Waals surface area contributed by atoms with Crippen LogP contribution in [0, 0.1) is 17.8 Å². The van der Waals surface area contributed by atoms with E-state index in [-0.39, 0.29) is 23.1 Å². The topological polar surface area (TPSA) is 62.0 Å². The molecule has 2 aliphatic carbocycles. The van der Waals surface area contributed by atoms with Gasteiger partial charge in [0.25, 0.3) is 11.5 Å². The van der Waals surface area contributed by atoms with E-state index in [0.717, 1.165) is 11.8 Å². The van der Waals surface area contributed by atoms with Crippen molar-refractivity contribution in [2.75, 3.05) is 0 Å². The van der Waals surface area contributed by atoms with Gasteiger partial charge in [-0.25, -0.2) is 0 Å². The third-order valence-electron chi connectivity index (χ3n) is 4.86. The molecule has 3 rings (SSSR count). The van der Waals surface area contributed by atoms with Crippen molar-refractivity contribution in [1.82, 2.24) is 10.3 Å². The lowest BCUT2D eigenvalue weighted by molar-refractivity contribution is 0.0913. The largest absolute Gasteiger partial charge is 0.349 e. The Morgan fingerprint density at radius 1 is 1.42 bits per heavy atom. The van der Waals surface area contributed by atoms with Crippen LogP contribution in [0.4, 0.5) is 0 Å². The Kier molecular flexibility index (Phi) is 3.17. The van der Waals surface area contributed by atoms with Crippen LogP contribution in [-0.4, -0.2) is 16.9 Å². The summed E-state index contributed by atoms with van der Waals surface area (Å²) < 4.78 is 0. The van der Waals surface area contributed by atoms with Gasteiger partial charge in [-0.2, -0.15) is 0 Å². The standard InChI is InChI=1S/C15H20N2O2/c1-9(13-8-10-4-5-11(13)7-10)17-15(19)12-3-2-6-16-14(12)18/h2-3,6,9-11,13H,4-5,7-8H2,1H3,(H,16,18)(H,17,19)/t9-,10+,11+,13-/m1/s1. The molecular formula is C15H20N2O2. The van der Waals surface area contributed by atoms with Crippen molar-refractivity contribution >= 4 is 5.91 Å². The maximum atomic E-state index is 12.1. The number of carbonyl (C=O) groups is 1. The molecule has 0 spiro atoms. The number of fused-ring (bicyclic) bond motifs is 2. The van der Waals surface area contributed by atoms with Crippen molar-refractivity contribution < 1.29 is 4.79 Å². The molecule has 0 unspecified atom stereocenters. The van der Waals surface area contributed by atoms with Crippen molar-refractivity contribution in [3.8, 4) is 0 Å². The normalized spacial score (nSPS) is 30.3. The molecule has 2 fully saturated rings. The molecule has 2 N–H and O–H groups in total. The van der Waals surface area contributed by atoms with Crippen molar-refractivity contribution in [2.45, 2.75) is 38.6 Å². The van der Waals surface area contributed by atoms with Crippen LogP contribution in [0.15, 0.2) is 23.1 Å². The van der Waals surface area contributed by atoms with E-state index in [4.69, 9.17) is 0 Å². The first-order chi connectivity index (χ1) is 9.15. The number of hydrogen-bond donors (Lipinski definition) is 2. The van der Waals surface area contributed by atoms with E-state index < -0.39 is 0 Å². The molecule has 1 amide bonds. The first kappa shape index (κ1) is 12.5. The van der Waals surface area contributed by atoms with Gasteiger partial charge in [0, 0.05) is 12.2 Å². The van der Waals surface area contributed by atoms with Gasteiger partial charge in [0.05, 0.1) is 0 Å². The third kappa shape index (κ3) is 2.31. The second-order valence-corrected chi connectivity index (χ2v) is 6.01. The van der Waals surface area contributed by atoms with Gasteiger partial charge in [-0.15, -0.1) is 0 Å². The van der Waals surface area contributed by atoms with Crippen LogP contribution in [0.25, 0.3) is 0 Å². The number of aromatic nitrogens is 1. The molecule has 2 saturated carbocycles. The fraction of sp³-hybridized carbons (Fsp3) is 0.600. The summed E-state index contributed by atoms with van der Waals surface area (Å²) in [6, 6.07) is 3.41. The molecule has 0 radical (unpaired) electrons. The molecule has 102 valence electrons. The molecule has 1 heterocycles. The van der Waals surface area contributed by atoms with Crippen molar-refractivity contribution in [2.24, 2.45) is 17.8 Å². The van der Waals surface area contributed by atoms with Gasteiger partial charge in [0.1, 0.15) is 5.56 Å². The van der Waals surface area contributed by atoms with E-state index in [1.54, 1.807) is 18.3 Å². The minimum absolute atomic E-state index is 0.155. The van der Waals surface area contributed by atoms with Gasteiger partial charge < -0.3 is 10.3 Å². The third-order valence-corrected chi connectivity index (χ3v) is 4.86. The second-order valence-electron chi connectivity index (χ2n) is 6.01. The van der Waals surface area contributed by atoms with Crippen LogP contribution >= 0.6 is 0 Å². The van der Waals surface area contributed by atoms with Crippen LogP contribution in [0.2, 0.25) is 0 Å². The SMILES string of the molecule is C[C@@H](NC(=O)c1ccc[nH]c1=O)[C@H]1C[C@H]2CC[C@H]1C2. The summed E-state index contributed by atoms with van der Waals surface area (Å²) in [5.41, 5.74) is -0.113. The molecule has 0 saturated heterocycles. The van der Waals surface area contributed by atoms with Gasteiger partial charge in [-0.05, 0) is 56.1 Å². The number of H-pyrrole nitrogens is 1. The lowest BCUT2D eigenvalue weighted by Gasteiger charge is -2.28. The van der Waals surface area contributed by atoms with E-state index in [2.05, 4.69) is 17.2 Å². The number of rotatable bonds is 3. The number of nitrogens with one attached hydrogen (secondary N) is 2. The number of aromatic amines is 1. The van der Waals surface area contributed by atoms with Crippen molar-refractivity contribution in [1.29, 1.82) is 0 Å². The summed E-state index contributed by atoms with van der Waals surface area (Å²) in [6.45, 7) is 2.07. The average molecular weight is 260 g/mol. The minimum Gasteiger partial charge on any atom is -0.349 e. The Hall–Kier alpha value is -1.58. The summed E-state index contributed by atoms with van der Waals surface area (Å²) in [4.78, 5) is 26.2. The van der Waals surface area contributed by atoms with E-state index in [1.807, 2.05) is 0 Å². The van der Waals surface area contributed by atoms with Crippen LogP contribution in [-0.2, 0) is 0 Å². The number of carbonyl (C=O) groups excluding carboxylic acids is 1. The number of hydrogen-bond acceptors (Lipinski definition) is 2. The van der Waals surface area contributed by atoms with Gasteiger partial charge in [-0.3, -0.25) is 9.59 Å². The summed E-state index contributed by atoms with van der Waals surface area (Å²) >= 11 is 0. The Morgan fingerprint density at radius 2 is 2.26 bits per heavy atom. The Morgan fingerprint density at radius 3 is 2.89 bits per heavy atom. The summed E-state index contributed by atoms with van der Waals surface area (Å²) in [6.07, 6.45) is 6.77. The zero-order chi connectivity index (χ0) is 13.4. The van der Waals surface area contributed by atoms with Crippen LogP contribution in [0.5, 0.6) is 0 Å². The van der Waals surface area contributed by atoms with Gasteiger partial charge in [0.15, 0.2) is 0 Å². The van der Waals surface area contributed by atoms with Crippen LogP contribution in [0.1, 0.15) is 43.0 Å². The van der Waals surface area contributed by atoms with Crippen LogP contribution in [0.3, 0.4) is 0 Å². The summed E-state index contributed by atoms with van der Waals surface area (Å²) in [5, 5.41) is 3.00. The van der Waals surface area contributed by atoms with E-state index in [0.29, 0.717) is 5.92 Å². The molecular weight excluding hydrogens is 240 g/mol. The number of pyridine rings is 1. The molecule has 2 aliphatic rings. The second kappa shape index (κ2) is 4.83. The van der Waals surface area contributed by atoms with E-state index in [1.165, 1.54) is 25.7 Å². The molecule has 4 nitrogen and oxygen atoms in total. The highest BCUT2D eigenvalue weighted by Gasteiger charge is 2.42. The summed E-state index contributed by atoms with van der Waals surface area (Å²) in [7, 11) is 0. The Labute approximate surface area is 112 Å². The average Bonchev–Trinajstić information content (AvgIpc) is 3.01. The van der Waals surface area contributed by atoms with Crippen molar-refractivity contribution in [3.05, 3.63) is 34.2 Å². The van der Waals surface area contributed by atoms with Gasteiger partial charge >= 0.3 is 0 Å². The molecule has 1 aromatic rings. The molecule has 4 atom stereocenters. The first-order valence-corrected chi connectivity index (χ1v) is 7.13. The summed E-state index contributed by atoms with van der Waals surface area (Å²) in [5.74, 6) is 1.98.